The maximum Gasteiger partial charge on any atom is 0.257 e. The largest absolute Gasteiger partial charge is 0.322 e. The molecule has 5 heteroatoms. The highest BCUT2D eigenvalue weighted by Crippen LogP contribution is 2.30. The summed E-state index contributed by atoms with van der Waals surface area (Å²) in [5, 5.41) is 2.87. The standard InChI is InChI=1S/C17H17N3O2/c1-11-3-4-14(10-18-11)17(22)19-15-5-6-16-13(9-15)7-8-20(16)12(2)21/h3-6,9-10H,7-8H2,1-2H3,(H,19,22). The molecule has 0 unspecified atom stereocenters. The van der Waals surface area contributed by atoms with E-state index in [0.717, 1.165) is 29.1 Å². The number of hydrogen-bond donors (Lipinski definition) is 1. The van der Waals surface area contributed by atoms with Crippen molar-refractivity contribution in [2.24, 2.45) is 0 Å². The summed E-state index contributed by atoms with van der Waals surface area (Å²) >= 11 is 0. The van der Waals surface area contributed by atoms with Crippen molar-refractivity contribution >= 4 is 23.2 Å². The number of nitrogens with zero attached hydrogens (tertiary/aromatic N) is 2. The molecule has 2 heterocycles. The molecule has 0 atom stereocenters. The number of benzene rings is 1. The number of amides is 2. The third-order valence-electron chi connectivity index (χ3n) is 3.79. The molecule has 1 N–H and O–H groups in total. The highest BCUT2D eigenvalue weighted by atomic mass is 16.2. The lowest BCUT2D eigenvalue weighted by molar-refractivity contribution is -0.116. The summed E-state index contributed by atoms with van der Waals surface area (Å²) in [6.07, 6.45) is 2.38. The van der Waals surface area contributed by atoms with Crippen LogP contribution in [0.4, 0.5) is 11.4 Å². The van der Waals surface area contributed by atoms with Crippen LogP contribution in [0.3, 0.4) is 0 Å². The Balaban J connectivity index is 1.78. The highest BCUT2D eigenvalue weighted by Gasteiger charge is 2.22. The van der Waals surface area contributed by atoms with Crippen LogP contribution >= 0.6 is 0 Å². The maximum absolute atomic E-state index is 12.2. The van der Waals surface area contributed by atoms with Crippen molar-refractivity contribution in [2.45, 2.75) is 20.3 Å². The molecule has 3 rings (SSSR count). The first-order chi connectivity index (χ1) is 10.5. The molecule has 112 valence electrons. The fourth-order valence-electron chi connectivity index (χ4n) is 2.61. The SMILES string of the molecule is CC(=O)N1CCc2cc(NC(=O)c3ccc(C)nc3)ccc21. The zero-order chi connectivity index (χ0) is 15.7. The number of aromatic nitrogens is 1. The van der Waals surface area contributed by atoms with Gasteiger partial charge in [-0.05, 0) is 49.2 Å². The van der Waals surface area contributed by atoms with Gasteiger partial charge in [-0.1, -0.05) is 0 Å². The van der Waals surface area contributed by atoms with E-state index in [1.165, 1.54) is 0 Å². The van der Waals surface area contributed by atoms with E-state index in [0.29, 0.717) is 12.1 Å². The van der Waals surface area contributed by atoms with Crippen molar-refractivity contribution in [2.75, 3.05) is 16.8 Å². The minimum Gasteiger partial charge on any atom is -0.322 e. The fraction of sp³-hybridized carbons (Fsp3) is 0.235. The summed E-state index contributed by atoms with van der Waals surface area (Å²) in [6, 6.07) is 9.19. The number of carbonyl (C=O) groups is 2. The van der Waals surface area contributed by atoms with Gasteiger partial charge in [-0.25, -0.2) is 0 Å². The van der Waals surface area contributed by atoms with Crippen molar-refractivity contribution < 1.29 is 9.59 Å². The van der Waals surface area contributed by atoms with Gasteiger partial charge in [0.1, 0.15) is 0 Å². The van der Waals surface area contributed by atoms with Crippen molar-refractivity contribution in [3.05, 3.63) is 53.3 Å². The Kier molecular flexibility index (Phi) is 3.63. The van der Waals surface area contributed by atoms with Gasteiger partial charge < -0.3 is 10.2 Å². The van der Waals surface area contributed by atoms with E-state index in [4.69, 9.17) is 0 Å². The molecular weight excluding hydrogens is 278 g/mol. The number of nitrogens with one attached hydrogen (secondary N) is 1. The number of anilines is 2. The first-order valence-corrected chi connectivity index (χ1v) is 7.19. The molecule has 1 aliphatic heterocycles. The summed E-state index contributed by atoms with van der Waals surface area (Å²) in [7, 11) is 0. The molecule has 1 aromatic carbocycles. The molecule has 5 nitrogen and oxygen atoms in total. The van der Waals surface area contributed by atoms with Crippen LogP contribution in [-0.2, 0) is 11.2 Å². The number of carbonyl (C=O) groups excluding carboxylic acids is 2. The van der Waals surface area contributed by atoms with Crippen LogP contribution in [0.5, 0.6) is 0 Å². The Morgan fingerprint density at radius 1 is 1.23 bits per heavy atom. The molecule has 2 amide bonds. The second kappa shape index (κ2) is 5.60. The maximum atomic E-state index is 12.2. The molecule has 22 heavy (non-hydrogen) atoms. The van der Waals surface area contributed by atoms with Gasteiger partial charge in [0.05, 0.1) is 5.56 Å². The van der Waals surface area contributed by atoms with Crippen LogP contribution in [0.15, 0.2) is 36.5 Å². The second-order valence-corrected chi connectivity index (χ2v) is 5.41. The van der Waals surface area contributed by atoms with Crippen molar-refractivity contribution in [1.29, 1.82) is 0 Å². The number of pyridine rings is 1. The van der Waals surface area contributed by atoms with Crippen molar-refractivity contribution in [3.8, 4) is 0 Å². The highest BCUT2D eigenvalue weighted by molar-refractivity contribution is 6.04. The topological polar surface area (TPSA) is 62.3 Å². The summed E-state index contributed by atoms with van der Waals surface area (Å²) in [5.41, 5.74) is 4.14. The predicted molar refractivity (Wildman–Crippen MR) is 85.1 cm³/mol. The molecule has 1 aliphatic rings. The van der Waals surface area contributed by atoms with Crippen LogP contribution in [0.2, 0.25) is 0 Å². The molecular formula is C17H17N3O2. The molecule has 0 bridgehead atoms. The van der Waals surface area contributed by atoms with Gasteiger partial charge in [-0.2, -0.15) is 0 Å². The molecule has 0 saturated carbocycles. The smallest absolute Gasteiger partial charge is 0.257 e. The first kappa shape index (κ1) is 14.3. The van der Waals surface area contributed by atoms with E-state index in [-0.39, 0.29) is 11.8 Å². The Labute approximate surface area is 129 Å². The van der Waals surface area contributed by atoms with Gasteiger partial charge in [0, 0.05) is 36.7 Å². The lowest BCUT2D eigenvalue weighted by Crippen LogP contribution is -2.25. The van der Waals surface area contributed by atoms with Gasteiger partial charge in [-0.3, -0.25) is 14.6 Å². The molecule has 0 spiro atoms. The predicted octanol–water partition coefficient (Wildman–Crippen LogP) is 2.55. The fourth-order valence-corrected chi connectivity index (χ4v) is 2.61. The minimum absolute atomic E-state index is 0.0428. The van der Waals surface area contributed by atoms with Crippen LogP contribution in [-0.4, -0.2) is 23.3 Å². The van der Waals surface area contributed by atoms with Crippen LogP contribution in [0, 0.1) is 6.92 Å². The number of aryl methyl sites for hydroxylation is 1. The first-order valence-electron chi connectivity index (χ1n) is 7.19. The zero-order valence-corrected chi connectivity index (χ0v) is 12.6. The van der Waals surface area contributed by atoms with E-state index < -0.39 is 0 Å². The Morgan fingerprint density at radius 3 is 2.73 bits per heavy atom. The van der Waals surface area contributed by atoms with Gasteiger partial charge >= 0.3 is 0 Å². The molecule has 0 saturated heterocycles. The van der Waals surface area contributed by atoms with Gasteiger partial charge in [-0.15, -0.1) is 0 Å². The monoisotopic (exact) mass is 295 g/mol. The second-order valence-electron chi connectivity index (χ2n) is 5.41. The van der Waals surface area contributed by atoms with Gasteiger partial charge in [0.2, 0.25) is 5.91 Å². The van der Waals surface area contributed by atoms with Crippen molar-refractivity contribution in [3.63, 3.8) is 0 Å². The van der Waals surface area contributed by atoms with Crippen LogP contribution in [0.25, 0.3) is 0 Å². The van der Waals surface area contributed by atoms with Gasteiger partial charge in [0.25, 0.3) is 5.91 Å². The zero-order valence-electron chi connectivity index (χ0n) is 12.6. The Bertz CT molecular complexity index is 738. The van der Waals surface area contributed by atoms with Crippen LogP contribution < -0.4 is 10.2 Å². The number of hydrogen-bond acceptors (Lipinski definition) is 3. The Morgan fingerprint density at radius 2 is 2.05 bits per heavy atom. The molecule has 1 aromatic heterocycles. The van der Waals surface area contributed by atoms with E-state index in [1.807, 2.05) is 31.2 Å². The average Bonchev–Trinajstić information content (AvgIpc) is 2.91. The lowest BCUT2D eigenvalue weighted by atomic mass is 10.1. The Hall–Kier alpha value is -2.69. The van der Waals surface area contributed by atoms with Crippen LogP contribution in [0.1, 0.15) is 28.5 Å². The van der Waals surface area contributed by atoms with Crippen molar-refractivity contribution in [1.82, 2.24) is 4.98 Å². The normalized spacial score (nSPS) is 12.9. The molecule has 0 radical (unpaired) electrons. The van der Waals surface area contributed by atoms with E-state index in [1.54, 1.807) is 24.1 Å². The summed E-state index contributed by atoms with van der Waals surface area (Å²) in [5.74, 6) is -0.143. The summed E-state index contributed by atoms with van der Waals surface area (Å²) in [4.78, 5) is 29.6. The number of fused-ring (bicyclic) bond motifs is 1. The van der Waals surface area contributed by atoms with E-state index in [9.17, 15) is 9.59 Å². The molecule has 2 aromatic rings. The molecule has 0 aliphatic carbocycles. The average molecular weight is 295 g/mol. The number of rotatable bonds is 2. The molecule has 0 fully saturated rings. The summed E-state index contributed by atoms with van der Waals surface area (Å²) in [6.45, 7) is 4.14. The quantitative estimate of drug-likeness (QED) is 0.926. The minimum atomic E-state index is -0.186. The summed E-state index contributed by atoms with van der Waals surface area (Å²) < 4.78 is 0. The third-order valence-corrected chi connectivity index (χ3v) is 3.79. The van der Waals surface area contributed by atoms with Gasteiger partial charge in [0.15, 0.2) is 0 Å². The third kappa shape index (κ3) is 2.70. The lowest BCUT2D eigenvalue weighted by Gasteiger charge is -2.15. The van der Waals surface area contributed by atoms with E-state index >= 15 is 0 Å². The van der Waals surface area contributed by atoms with E-state index in [2.05, 4.69) is 10.3 Å².